The molecule has 6 atom stereocenters. The van der Waals surface area contributed by atoms with Crippen LogP contribution in [0.1, 0.15) is 22.2 Å². The number of ether oxygens (including phenoxy) is 5. The second-order valence-electron chi connectivity index (χ2n) is 6.68. The van der Waals surface area contributed by atoms with Gasteiger partial charge in [-0.05, 0) is 12.1 Å². The number of hydrogen-bond donors (Lipinski definition) is 1. The smallest absolute Gasteiger partial charge is 0.338 e. The number of carbonyl (C=O) groups excluding carboxylic acids is 1. The van der Waals surface area contributed by atoms with Crippen molar-refractivity contribution in [3.63, 3.8) is 0 Å². The van der Waals surface area contributed by atoms with Crippen molar-refractivity contribution in [1.82, 2.24) is 0 Å². The molecule has 2 aliphatic heterocycles. The van der Waals surface area contributed by atoms with Crippen LogP contribution in [0.3, 0.4) is 0 Å². The molecule has 148 valence electrons. The molecule has 2 aromatic carbocycles. The highest BCUT2D eigenvalue weighted by atomic mass is 16.8. The second-order valence-corrected chi connectivity index (χ2v) is 6.68. The van der Waals surface area contributed by atoms with Crippen LogP contribution in [0.25, 0.3) is 0 Å². The lowest BCUT2D eigenvalue weighted by molar-refractivity contribution is -0.357. The molecule has 0 amide bonds. The standard InChI is InChI=1S/C21H22O7/c1-24-21-16(22)18(27-19(23)13-8-4-2-5-9-13)17-15(26-21)12-25-20(28-17)14-10-6-3-7-11-14/h2-11,15-18,20-22H,12H2,1H3/t15-,16-,17-,18-,20?,21+/m1/s1. The molecule has 0 aromatic heterocycles. The van der Waals surface area contributed by atoms with Crippen LogP contribution >= 0.6 is 0 Å². The maximum atomic E-state index is 12.6. The van der Waals surface area contributed by atoms with Crippen LogP contribution in [-0.2, 0) is 23.7 Å². The van der Waals surface area contributed by atoms with E-state index in [1.807, 2.05) is 36.4 Å². The van der Waals surface area contributed by atoms with E-state index in [-0.39, 0.29) is 6.61 Å². The van der Waals surface area contributed by atoms with Crippen molar-refractivity contribution in [2.24, 2.45) is 0 Å². The molecule has 0 radical (unpaired) electrons. The highest BCUT2D eigenvalue weighted by molar-refractivity contribution is 5.89. The molecule has 2 aliphatic rings. The maximum Gasteiger partial charge on any atom is 0.338 e. The first-order valence-electron chi connectivity index (χ1n) is 9.11. The van der Waals surface area contributed by atoms with Gasteiger partial charge in [0.2, 0.25) is 0 Å². The minimum Gasteiger partial charge on any atom is -0.453 e. The summed E-state index contributed by atoms with van der Waals surface area (Å²) in [7, 11) is 1.42. The van der Waals surface area contributed by atoms with E-state index >= 15 is 0 Å². The molecule has 2 aromatic rings. The Hall–Kier alpha value is -2.29. The summed E-state index contributed by atoms with van der Waals surface area (Å²) in [4.78, 5) is 12.6. The average Bonchev–Trinajstić information content (AvgIpc) is 2.76. The summed E-state index contributed by atoms with van der Waals surface area (Å²) in [5.74, 6) is -0.550. The van der Waals surface area contributed by atoms with Gasteiger partial charge in [-0.1, -0.05) is 48.5 Å². The fourth-order valence-electron chi connectivity index (χ4n) is 3.44. The SMILES string of the molecule is CO[C@H]1O[C@@H]2COC(c3ccccc3)O[C@H]2[C@H](OC(=O)c2ccccc2)[C@H]1O. The predicted molar refractivity (Wildman–Crippen MR) is 97.3 cm³/mol. The van der Waals surface area contributed by atoms with E-state index in [1.165, 1.54) is 7.11 Å². The molecule has 2 heterocycles. The summed E-state index contributed by atoms with van der Waals surface area (Å²) in [5.41, 5.74) is 1.22. The zero-order chi connectivity index (χ0) is 19.5. The van der Waals surface area contributed by atoms with Crippen LogP contribution in [0.4, 0.5) is 0 Å². The van der Waals surface area contributed by atoms with E-state index in [2.05, 4.69) is 0 Å². The van der Waals surface area contributed by atoms with E-state index in [0.717, 1.165) is 5.56 Å². The van der Waals surface area contributed by atoms with Gasteiger partial charge in [0.15, 0.2) is 18.7 Å². The topological polar surface area (TPSA) is 83.5 Å². The molecule has 4 rings (SSSR count). The normalized spacial score (nSPS) is 32.4. The summed E-state index contributed by atoms with van der Waals surface area (Å²) in [6.45, 7) is 0.218. The number of hydrogen-bond acceptors (Lipinski definition) is 7. The predicted octanol–water partition coefficient (Wildman–Crippen LogP) is 2.06. The van der Waals surface area contributed by atoms with Crippen molar-refractivity contribution in [2.75, 3.05) is 13.7 Å². The Balaban J connectivity index is 1.56. The van der Waals surface area contributed by atoms with Gasteiger partial charge < -0.3 is 28.8 Å². The fourth-order valence-corrected chi connectivity index (χ4v) is 3.44. The van der Waals surface area contributed by atoms with Gasteiger partial charge in [-0.2, -0.15) is 0 Å². The lowest BCUT2D eigenvalue weighted by Gasteiger charge is -2.47. The number of aliphatic hydroxyl groups excluding tert-OH is 1. The fraction of sp³-hybridized carbons (Fsp3) is 0.381. The third-order valence-electron chi connectivity index (χ3n) is 4.86. The molecule has 7 nitrogen and oxygen atoms in total. The van der Waals surface area contributed by atoms with E-state index in [1.54, 1.807) is 24.3 Å². The molecule has 2 fully saturated rings. The highest BCUT2D eigenvalue weighted by Gasteiger charge is 2.51. The Morgan fingerprint density at radius 3 is 2.39 bits per heavy atom. The molecule has 0 spiro atoms. The summed E-state index contributed by atoms with van der Waals surface area (Å²) in [5, 5.41) is 10.7. The van der Waals surface area contributed by atoms with Gasteiger partial charge in [-0.15, -0.1) is 0 Å². The quantitative estimate of drug-likeness (QED) is 0.806. The van der Waals surface area contributed by atoms with E-state index < -0.39 is 43.0 Å². The second kappa shape index (κ2) is 8.38. The Kier molecular flexibility index (Phi) is 5.70. The first-order chi connectivity index (χ1) is 13.7. The molecule has 2 saturated heterocycles. The number of rotatable bonds is 4. The highest BCUT2D eigenvalue weighted by Crippen LogP contribution is 2.35. The van der Waals surface area contributed by atoms with Crippen LogP contribution in [0.15, 0.2) is 60.7 Å². The molecule has 28 heavy (non-hydrogen) atoms. The number of aliphatic hydroxyl groups is 1. The number of esters is 1. The third-order valence-corrected chi connectivity index (χ3v) is 4.86. The van der Waals surface area contributed by atoms with Crippen molar-refractivity contribution >= 4 is 5.97 Å². The van der Waals surface area contributed by atoms with Crippen LogP contribution in [0.2, 0.25) is 0 Å². The van der Waals surface area contributed by atoms with Gasteiger partial charge in [0, 0.05) is 12.7 Å². The van der Waals surface area contributed by atoms with E-state index in [9.17, 15) is 9.90 Å². The number of carbonyl (C=O) groups is 1. The summed E-state index contributed by atoms with van der Waals surface area (Å²) < 4.78 is 28.4. The Morgan fingerprint density at radius 1 is 1.04 bits per heavy atom. The van der Waals surface area contributed by atoms with Crippen molar-refractivity contribution in [3.05, 3.63) is 71.8 Å². The summed E-state index contributed by atoms with van der Waals surface area (Å²) in [6.07, 6.45) is -5.00. The van der Waals surface area contributed by atoms with Crippen molar-refractivity contribution in [1.29, 1.82) is 0 Å². The summed E-state index contributed by atoms with van der Waals surface area (Å²) >= 11 is 0. The van der Waals surface area contributed by atoms with Crippen molar-refractivity contribution in [3.8, 4) is 0 Å². The van der Waals surface area contributed by atoms with Gasteiger partial charge in [0.25, 0.3) is 0 Å². The summed E-state index contributed by atoms with van der Waals surface area (Å²) in [6, 6.07) is 18.0. The average molecular weight is 386 g/mol. The zero-order valence-corrected chi connectivity index (χ0v) is 15.3. The van der Waals surface area contributed by atoms with Gasteiger partial charge in [-0.3, -0.25) is 0 Å². The first-order valence-corrected chi connectivity index (χ1v) is 9.11. The van der Waals surface area contributed by atoms with Crippen molar-refractivity contribution < 1.29 is 33.6 Å². The number of fused-ring (bicyclic) bond motifs is 1. The molecule has 1 N–H and O–H groups in total. The van der Waals surface area contributed by atoms with Crippen LogP contribution < -0.4 is 0 Å². The van der Waals surface area contributed by atoms with Gasteiger partial charge in [0.1, 0.15) is 18.3 Å². The van der Waals surface area contributed by atoms with E-state index in [0.29, 0.717) is 5.56 Å². The zero-order valence-electron chi connectivity index (χ0n) is 15.3. The lowest BCUT2D eigenvalue weighted by Crippen LogP contribution is -2.63. The Bertz CT molecular complexity index is 782. The Morgan fingerprint density at radius 2 is 1.71 bits per heavy atom. The van der Waals surface area contributed by atoms with Crippen molar-refractivity contribution in [2.45, 2.75) is 37.0 Å². The minimum atomic E-state index is -1.20. The van der Waals surface area contributed by atoms with Gasteiger partial charge >= 0.3 is 5.97 Å². The Labute approximate surface area is 162 Å². The van der Waals surface area contributed by atoms with Crippen LogP contribution in [0.5, 0.6) is 0 Å². The number of methoxy groups -OCH3 is 1. The largest absolute Gasteiger partial charge is 0.453 e. The molecule has 0 bridgehead atoms. The lowest BCUT2D eigenvalue weighted by atomic mass is 9.97. The van der Waals surface area contributed by atoms with E-state index in [4.69, 9.17) is 23.7 Å². The monoisotopic (exact) mass is 386 g/mol. The molecular formula is C21H22O7. The number of benzene rings is 2. The third kappa shape index (κ3) is 3.80. The maximum absolute atomic E-state index is 12.6. The molecule has 0 aliphatic carbocycles. The van der Waals surface area contributed by atoms with Crippen LogP contribution in [0, 0.1) is 0 Å². The molecule has 7 heteroatoms. The van der Waals surface area contributed by atoms with Gasteiger partial charge in [-0.25, -0.2) is 4.79 Å². The van der Waals surface area contributed by atoms with Crippen LogP contribution in [-0.4, -0.2) is 55.5 Å². The van der Waals surface area contributed by atoms with Gasteiger partial charge in [0.05, 0.1) is 12.2 Å². The molecular weight excluding hydrogens is 364 g/mol. The first kappa shape index (κ1) is 19.0. The minimum absolute atomic E-state index is 0.218. The molecule has 1 unspecified atom stereocenters. The molecule has 0 saturated carbocycles.